The van der Waals surface area contributed by atoms with E-state index in [1.165, 1.54) is 17.8 Å². The van der Waals surface area contributed by atoms with Gasteiger partial charge in [0, 0.05) is 46.1 Å². The summed E-state index contributed by atoms with van der Waals surface area (Å²) < 4.78 is 5.53. The lowest BCUT2D eigenvalue weighted by Crippen LogP contribution is -2.24. The van der Waals surface area contributed by atoms with Gasteiger partial charge in [-0.05, 0) is 31.0 Å². The number of hydrogen-bond donors (Lipinski definition) is 0. The molecule has 1 aliphatic heterocycles. The first-order valence-electron chi connectivity index (χ1n) is 10.6. The fourth-order valence-corrected chi connectivity index (χ4v) is 5.20. The molecule has 0 N–H and O–H groups in total. The molecule has 0 radical (unpaired) electrons. The third kappa shape index (κ3) is 3.72. The van der Waals surface area contributed by atoms with Crippen molar-refractivity contribution in [2.24, 2.45) is 0 Å². The maximum Gasteiger partial charge on any atom is 0.232 e. The van der Waals surface area contributed by atoms with Gasteiger partial charge >= 0.3 is 0 Å². The van der Waals surface area contributed by atoms with E-state index in [-0.39, 0.29) is 11.8 Å². The third-order valence-corrected chi connectivity index (χ3v) is 7.17. The number of rotatable bonds is 5. The van der Waals surface area contributed by atoms with Crippen molar-refractivity contribution in [2.75, 3.05) is 11.4 Å². The number of aromatic nitrogens is 3. The fourth-order valence-electron chi connectivity index (χ4n) is 4.01. The smallest absolute Gasteiger partial charge is 0.232 e. The van der Waals surface area contributed by atoms with Gasteiger partial charge in [0.2, 0.25) is 17.6 Å². The Hall–Kier alpha value is -3.03. The van der Waals surface area contributed by atoms with Gasteiger partial charge in [-0.3, -0.25) is 4.79 Å². The number of nitrogens with zero attached hydrogens (tertiary/aromatic N) is 4. The number of amides is 1. The van der Waals surface area contributed by atoms with Crippen LogP contribution in [0.3, 0.4) is 0 Å². The molecular formula is C24H19ClN4O2S. The van der Waals surface area contributed by atoms with E-state index in [1.54, 1.807) is 28.4 Å². The van der Waals surface area contributed by atoms with Gasteiger partial charge in [0.15, 0.2) is 0 Å². The van der Waals surface area contributed by atoms with Crippen molar-refractivity contribution in [3.63, 3.8) is 0 Å². The SMILES string of the molecule is O=C1CC(c2nc(-c3ccc(-c4csc(C5CC5)n4)cc3)no2)CN1c1cccc(Cl)c1. The topological polar surface area (TPSA) is 72.1 Å². The molecule has 0 spiro atoms. The zero-order chi connectivity index (χ0) is 21.7. The minimum atomic E-state index is -0.141. The molecular weight excluding hydrogens is 444 g/mol. The van der Waals surface area contributed by atoms with E-state index in [0.717, 1.165) is 22.5 Å². The van der Waals surface area contributed by atoms with Crippen LogP contribution < -0.4 is 4.90 Å². The summed E-state index contributed by atoms with van der Waals surface area (Å²) in [6.07, 6.45) is 2.85. The molecule has 0 bridgehead atoms. The number of thiazole rings is 1. The Morgan fingerprint density at radius 3 is 2.62 bits per heavy atom. The molecule has 1 saturated heterocycles. The highest BCUT2D eigenvalue weighted by Crippen LogP contribution is 2.42. The summed E-state index contributed by atoms with van der Waals surface area (Å²) in [4.78, 5) is 23.6. The lowest BCUT2D eigenvalue weighted by molar-refractivity contribution is -0.117. The highest BCUT2D eigenvalue weighted by Gasteiger charge is 2.35. The molecule has 4 aromatic rings. The summed E-state index contributed by atoms with van der Waals surface area (Å²) >= 11 is 7.82. The van der Waals surface area contributed by atoms with E-state index in [1.807, 2.05) is 36.4 Å². The normalized spacial score (nSPS) is 18.5. The first kappa shape index (κ1) is 19.6. The predicted molar refractivity (Wildman–Crippen MR) is 124 cm³/mol. The Morgan fingerprint density at radius 1 is 1.03 bits per heavy atom. The van der Waals surface area contributed by atoms with Crippen LogP contribution in [0.25, 0.3) is 22.6 Å². The van der Waals surface area contributed by atoms with Crippen LogP contribution in [0.2, 0.25) is 5.02 Å². The van der Waals surface area contributed by atoms with Crippen LogP contribution in [0, 0.1) is 0 Å². The average Bonchev–Trinajstić information content (AvgIpc) is 3.20. The molecule has 3 heterocycles. The molecule has 1 unspecified atom stereocenters. The Labute approximate surface area is 193 Å². The van der Waals surface area contributed by atoms with Crippen LogP contribution in [-0.4, -0.2) is 27.6 Å². The van der Waals surface area contributed by atoms with Crippen molar-refractivity contribution in [1.29, 1.82) is 0 Å². The molecule has 6 nitrogen and oxygen atoms in total. The van der Waals surface area contributed by atoms with E-state index in [9.17, 15) is 4.79 Å². The van der Waals surface area contributed by atoms with Crippen LogP contribution in [-0.2, 0) is 4.79 Å². The van der Waals surface area contributed by atoms with Crippen molar-refractivity contribution in [3.05, 3.63) is 69.8 Å². The number of anilines is 1. The first-order valence-corrected chi connectivity index (χ1v) is 11.9. The average molecular weight is 463 g/mol. The second-order valence-electron chi connectivity index (χ2n) is 8.26. The van der Waals surface area contributed by atoms with Gasteiger partial charge in [0.25, 0.3) is 0 Å². The van der Waals surface area contributed by atoms with Crippen molar-refractivity contribution in [1.82, 2.24) is 15.1 Å². The third-order valence-electron chi connectivity index (χ3n) is 5.92. The molecule has 1 aliphatic carbocycles. The molecule has 8 heteroatoms. The largest absolute Gasteiger partial charge is 0.339 e. The van der Waals surface area contributed by atoms with E-state index >= 15 is 0 Å². The monoisotopic (exact) mass is 462 g/mol. The molecule has 160 valence electrons. The van der Waals surface area contributed by atoms with Crippen LogP contribution in [0.4, 0.5) is 5.69 Å². The predicted octanol–water partition coefficient (Wildman–Crippen LogP) is 5.91. The second-order valence-corrected chi connectivity index (χ2v) is 9.59. The van der Waals surface area contributed by atoms with Crippen LogP contribution in [0.15, 0.2) is 58.4 Å². The number of hydrogen-bond acceptors (Lipinski definition) is 6. The highest BCUT2D eigenvalue weighted by atomic mass is 35.5. The quantitative estimate of drug-likeness (QED) is 0.368. The van der Waals surface area contributed by atoms with Gasteiger partial charge in [0.1, 0.15) is 0 Å². The summed E-state index contributed by atoms with van der Waals surface area (Å²) in [5.74, 6) is 1.56. The Kier molecular flexibility index (Phi) is 4.81. The molecule has 2 fully saturated rings. The molecule has 32 heavy (non-hydrogen) atoms. The maximum atomic E-state index is 12.6. The Bertz CT molecular complexity index is 1300. The van der Waals surface area contributed by atoms with E-state index in [0.29, 0.717) is 35.6 Å². The lowest BCUT2D eigenvalue weighted by Gasteiger charge is -2.16. The molecule has 2 aromatic carbocycles. The Morgan fingerprint density at radius 2 is 1.84 bits per heavy atom. The summed E-state index contributed by atoms with van der Waals surface area (Å²) in [5.41, 5.74) is 3.76. The molecule has 6 rings (SSSR count). The van der Waals surface area contributed by atoms with Crippen molar-refractivity contribution >= 4 is 34.5 Å². The number of benzene rings is 2. The van der Waals surface area contributed by atoms with Crippen LogP contribution in [0.1, 0.15) is 42.0 Å². The zero-order valence-electron chi connectivity index (χ0n) is 17.1. The summed E-state index contributed by atoms with van der Waals surface area (Å²) in [5, 5.41) is 8.12. The minimum Gasteiger partial charge on any atom is -0.339 e. The molecule has 1 saturated carbocycles. The molecule has 2 aliphatic rings. The highest BCUT2D eigenvalue weighted by molar-refractivity contribution is 7.10. The van der Waals surface area contributed by atoms with Crippen molar-refractivity contribution in [2.45, 2.75) is 31.1 Å². The van der Waals surface area contributed by atoms with Gasteiger partial charge in [0.05, 0.1) is 16.6 Å². The van der Waals surface area contributed by atoms with Gasteiger partial charge in [-0.1, -0.05) is 47.1 Å². The van der Waals surface area contributed by atoms with Gasteiger partial charge in [-0.2, -0.15) is 4.98 Å². The summed E-state index contributed by atoms with van der Waals surface area (Å²) in [6, 6.07) is 15.3. The second kappa shape index (κ2) is 7.83. The standard InChI is InChI=1S/C24H19ClN4O2S/c25-18-2-1-3-19(11-18)29-12-17(10-21(29)30)23-27-22(28-31-23)15-6-4-14(5-7-15)20-13-32-24(26-20)16-8-9-16/h1-7,11,13,16-17H,8-10,12H2. The lowest BCUT2D eigenvalue weighted by atomic mass is 10.1. The van der Waals surface area contributed by atoms with E-state index < -0.39 is 0 Å². The maximum absolute atomic E-state index is 12.6. The molecule has 2 aromatic heterocycles. The molecule has 1 amide bonds. The van der Waals surface area contributed by atoms with E-state index in [4.69, 9.17) is 21.1 Å². The van der Waals surface area contributed by atoms with Crippen molar-refractivity contribution in [3.8, 4) is 22.6 Å². The molecule has 1 atom stereocenters. The van der Waals surface area contributed by atoms with Gasteiger partial charge < -0.3 is 9.42 Å². The first-order chi connectivity index (χ1) is 15.6. The van der Waals surface area contributed by atoms with Crippen molar-refractivity contribution < 1.29 is 9.32 Å². The fraction of sp³-hybridized carbons (Fsp3) is 0.250. The summed E-state index contributed by atoms with van der Waals surface area (Å²) in [7, 11) is 0. The van der Waals surface area contributed by atoms with Crippen LogP contribution in [0.5, 0.6) is 0 Å². The number of carbonyl (C=O) groups excluding carboxylic acids is 1. The minimum absolute atomic E-state index is 0.0233. The van der Waals surface area contributed by atoms with E-state index in [2.05, 4.69) is 15.5 Å². The van der Waals surface area contributed by atoms with Crippen LogP contribution >= 0.6 is 22.9 Å². The van der Waals surface area contributed by atoms with Gasteiger partial charge in [-0.15, -0.1) is 11.3 Å². The number of halogens is 1. The number of carbonyl (C=O) groups is 1. The summed E-state index contributed by atoms with van der Waals surface area (Å²) in [6.45, 7) is 0.493. The Balaban J connectivity index is 1.18. The zero-order valence-corrected chi connectivity index (χ0v) is 18.6. The van der Waals surface area contributed by atoms with Gasteiger partial charge in [-0.25, -0.2) is 4.98 Å².